The van der Waals surface area contributed by atoms with Gasteiger partial charge in [-0.2, -0.15) is 0 Å². The number of nitrogens with zero attached hydrogens (tertiary/aromatic N) is 2. The fraction of sp³-hybridized carbons (Fsp3) is 0. The number of nitro groups is 2. The van der Waals surface area contributed by atoms with Crippen molar-refractivity contribution in [2.75, 3.05) is 0 Å². The Bertz CT molecular complexity index is 640. The van der Waals surface area contributed by atoms with Gasteiger partial charge in [0.05, 0.1) is 28.0 Å². The van der Waals surface area contributed by atoms with E-state index in [-0.39, 0.29) is 17.1 Å². The molecular formula is C12H7IN2O5. The first-order valence-corrected chi connectivity index (χ1v) is 6.41. The predicted octanol–water partition coefficient (Wildman–Crippen LogP) is 3.90. The van der Waals surface area contributed by atoms with E-state index in [0.29, 0.717) is 5.75 Å². The minimum Gasteiger partial charge on any atom is -0.457 e. The molecule has 0 fully saturated rings. The molecule has 2 aromatic rings. The maximum Gasteiger partial charge on any atom is 0.280 e. The van der Waals surface area contributed by atoms with Gasteiger partial charge in [-0.1, -0.05) is 0 Å². The van der Waals surface area contributed by atoms with Gasteiger partial charge in [0.25, 0.3) is 11.4 Å². The van der Waals surface area contributed by atoms with E-state index < -0.39 is 9.85 Å². The molecule has 0 saturated carbocycles. The molecule has 0 aromatic heterocycles. The van der Waals surface area contributed by atoms with E-state index in [4.69, 9.17) is 4.74 Å². The number of nitro benzene ring substituents is 2. The molecule has 0 N–H and O–H groups in total. The highest BCUT2D eigenvalue weighted by molar-refractivity contribution is 14.1. The summed E-state index contributed by atoms with van der Waals surface area (Å²) in [5.41, 5.74) is -0.778. The van der Waals surface area contributed by atoms with Crippen LogP contribution >= 0.6 is 22.6 Å². The fourth-order valence-corrected chi connectivity index (χ4v) is 1.84. The molecule has 0 saturated heterocycles. The predicted molar refractivity (Wildman–Crippen MR) is 79.0 cm³/mol. The number of hydrogen-bond donors (Lipinski definition) is 0. The minimum absolute atomic E-state index is 0.0482. The number of benzene rings is 2. The van der Waals surface area contributed by atoms with Crippen LogP contribution in [0, 0.1) is 23.8 Å². The van der Waals surface area contributed by atoms with Crippen LogP contribution in [0.5, 0.6) is 11.5 Å². The fourth-order valence-electron chi connectivity index (χ4n) is 1.48. The molecular weight excluding hydrogens is 379 g/mol. The average Bonchev–Trinajstić information content (AvgIpc) is 2.41. The van der Waals surface area contributed by atoms with Crippen LogP contribution in [0.1, 0.15) is 0 Å². The van der Waals surface area contributed by atoms with Crippen LogP contribution in [0.2, 0.25) is 0 Å². The first-order valence-electron chi connectivity index (χ1n) is 5.33. The van der Waals surface area contributed by atoms with Crippen LogP contribution in [0.4, 0.5) is 11.4 Å². The molecule has 2 aromatic carbocycles. The number of hydrogen-bond acceptors (Lipinski definition) is 5. The van der Waals surface area contributed by atoms with Crippen LogP contribution in [-0.2, 0) is 0 Å². The quantitative estimate of drug-likeness (QED) is 0.451. The van der Waals surface area contributed by atoms with E-state index in [1.54, 1.807) is 24.3 Å². The van der Waals surface area contributed by atoms with Gasteiger partial charge in [-0.05, 0) is 46.9 Å². The molecule has 2 rings (SSSR count). The summed E-state index contributed by atoms with van der Waals surface area (Å²) in [6, 6.07) is 10.1. The van der Waals surface area contributed by atoms with Gasteiger partial charge in [0, 0.05) is 3.57 Å². The maximum absolute atomic E-state index is 10.8. The summed E-state index contributed by atoms with van der Waals surface area (Å²) in [5, 5.41) is 21.5. The molecule has 0 aliphatic carbocycles. The lowest BCUT2D eigenvalue weighted by Gasteiger charge is -2.05. The molecule has 0 unspecified atom stereocenters. The van der Waals surface area contributed by atoms with Gasteiger partial charge in [-0.15, -0.1) is 0 Å². The Balaban J connectivity index is 2.37. The van der Waals surface area contributed by atoms with Crippen molar-refractivity contribution in [3.05, 3.63) is 66.3 Å². The van der Waals surface area contributed by atoms with Crippen LogP contribution in [0.25, 0.3) is 0 Å². The number of halogens is 1. The van der Waals surface area contributed by atoms with Crippen LogP contribution in [-0.4, -0.2) is 9.85 Å². The lowest BCUT2D eigenvalue weighted by Crippen LogP contribution is -1.94. The highest BCUT2D eigenvalue weighted by atomic mass is 127. The lowest BCUT2D eigenvalue weighted by atomic mass is 10.2. The van der Waals surface area contributed by atoms with Crippen LogP contribution < -0.4 is 4.74 Å². The topological polar surface area (TPSA) is 95.5 Å². The van der Waals surface area contributed by atoms with Crippen molar-refractivity contribution in [2.24, 2.45) is 0 Å². The molecule has 0 amide bonds. The summed E-state index contributed by atoms with van der Waals surface area (Å²) in [7, 11) is 0. The maximum atomic E-state index is 10.8. The van der Waals surface area contributed by atoms with Gasteiger partial charge in [0.1, 0.15) is 11.5 Å². The second-order valence-electron chi connectivity index (χ2n) is 3.76. The SMILES string of the molecule is O=[N+]([O-])c1cc(Oc2ccc(I)cc2)cc([N+](=O)[O-])c1. The first kappa shape index (κ1) is 14.2. The summed E-state index contributed by atoms with van der Waals surface area (Å²) in [5.74, 6) is 0.493. The molecule has 0 radical (unpaired) electrons. The van der Waals surface area contributed by atoms with E-state index >= 15 is 0 Å². The number of non-ortho nitro benzene ring substituents is 2. The van der Waals surface area contributed by atoms with E-state index in [0.717, 1.165) is 21.8 Å². The van der Waals surface area contributed by atoms with Crippen molar-refractivity contribution >= 4 is 34.0 Å². The van der Waals surface area contributed by atoms with Gasteiger partial charge in [0.2, 0.25) is 0 Å². The Morgan fingerprint density at radius 2 is 1.35 bits per heavy atom. The van der Waals surface area contributed by atoms with Crippen molar-refractivity contribution < 1.29 is 14.6 Å². The first-order chi connectivity index (χ1) is 9.45. The van der Waals surface area contributed by atoms with Crippen molar-refractivity contribution in [3.63, 3.8) is 0 Å². The Kier molecular flexibility index (Phi) is 4.13. The standard InChI is InChI=1S/C12H7IN2O5/c13-8-1-3-11(4-2-8)20-12-6-9(14(16)17)5-10(7-12)15(18)19/h1-7H. The summed E-state index contributed by atoms with van der Waals surface area (Å²) in [6.45, 7) is 0. The summed E-state index contributed by atoms with van der Waals surface area (Å²) in [6.07, 6.45) is 0. The molecule has 0 heterocycles. The van der Waals surface area contributed by atoms with Crippen molar-refractivity contribution in [1.29, 1.82) is 0 Å². The third kappa shape index (κ3) is 3.41. The highest BCUT2D eigenvalue weighted by Gasteiger charge is 2.17. The van der Waals surface area contributed by atoms with E-state index in [1.165, 1.54) is 0 Å². The monoisotopic (exact) mass is 386 g/mol. The van der Waals surface area contributed by atoms with Gasteiger partial charge in [-0.3, -0.25) is 20.2 Å². The summed E-state index contributed by atoms with van der Waals surface area (Å²) < 4.78 is 6.40. The minimum atomic E-state index is -0.701. The largest absolute Gasteiger partial charge is 0.457 e. The van der Waals surface area contributed by atoms with Crippen LogP contribution in [0.3, 0.4) is 0 Å². The molecule has 8 heteroatoms. The van der Waals surface area contributed by atoms with Gasteiger partial charge >= 0.3 is 0 Å². The molecule has 102 valence electrons. The summed E-state index contributed by atoms with van der Waals surface area (Å²) in [4.78, 5) is 20.1. The van der Waals surface area contributed by atoms with Crippen molar-refractivity contribution in [1.82, 2.24) is 0 Å². The van der Waals surface area contributed by atoms with Gasteiger partial charge in [0.15, 0.2) is 0 Å². The molecule has 0 bridgehead atoms. The zero-order valence-electron chi connectivity index (χ0n) is 9.86. The molecule has 0 aliphatic heterocycles. The Hall–Kier alpha value is -2.23. The van der Waals surface area contributed by atoms with Crippen molar-refractivity contribution in [2.45, 2.75) is 0 Å². The third-order valence-electron chi connectivity index (χ3n) is 2.35. The lowest BCUT2D eigenvalue weighted by molar-refractivity contribution is -0.394. The van der Waals surface area contributed by atoms with Gasteiger partial charge < -0.3 is 4.74 Å². The Labute approximate surface area is 126 Å². The highest BCUT2D eigenvalue weighted by Crippen LogP contribution is 2.30. The molecule has 0 spiro atoms. The second-order valence-corrected chi connectivity index (χ2v) is 5.00. The van der Waals surface area contributed by atoms with E-state index in [1.807, 2.05) is 0 Å². The normalized spacial score (nSPS) is 10.1. The average molecular weight is 386 g/mol. The molecule has 0 atom stereocenters. The van der Waals surface area contributed by atoms with Gasteiger partial charge in [-0.25, -0.2) is 0 Å². The zero-order valence-corrected chi connectivity index (χ0v) is 12.0. The van der Waals surface area contributed by atoms with Crippen LogP contribution in [0.15, 0.2) is 42.5 Å². The Morgan fingerprint density at radius 1 is 0.850 bits per heavy atom. The smallest absolute Gasteiger partial charge is 0.280 e. The van der Waals surface area contributed by atoms with E-state index in [2.05, 4.69) is 22.6 Å². The van der Waals surface area contributed by atoms with E-state index in [9.17, 15) is 20.2 Å². The molecule has 0 aliphatic rings. The third-order valence-corrected chi connectivity index (χ3v) is 3.07. The van der Waals surface area contributed by atoms with Crippen molar-refractivity contribution in [3.8, 4) is 11.5 Å². The Morgan fingerprint density at radius 3 is 1.80 bits per heavy atom. The number of rotatable bonds is 4. The zero-order chi connectivity index (χ0) is 14.7. The summed E-state index contributed by atoms with van der Waals surface area (Å²) >= 11 is 2.12. The molecule has 20 heavy (non-hydrogen) atoms. The second kappa shape index (κ2) is 5.82. The number of ether oxygens (including phenoxy) is 1. The molecule has 7 nitrogen and oxygen atoms in total.